The van der Waals surface area contributed by atoms with Crippen molar-refractivity contribution in [1.82, 2.24) is 4.72 Å². The van der Waals surface area contributed by atoms with Gasteiger partial charge in [-0.1, -0.05) is 90.5 Å². The van der Waals surface area contributed by atoms with Crippen molar-refractivity contribution in [2.75, 3.05) is 0 Å². The quantitative estimate of drug-likeness (QED) is 0.691. The Hall–Kier alpha value is -2.69. The maximum atomic E-state index is 12.6. The SMILES string of the molecule is Cc1ccc(C=CS(=O)(=O)NC(c2ccccc2)c2ccccc2)cc1. The van der Waals surface area contributed by atoms with Crippen LogP contribution >= 0.6 is 0 Å². The number of sulfonamides is 1. The van der Waals surface area contributed by atoms with Crippen molar-refractivity contribution in [3.8, 4) is 0 Å². The number of aryl methyl sites for hydroxylation is 1. The lowest BCUT2D eigenvalue weighted by Gasteiger charge is -2.18. The van der Waals surface area contributed by atoms with Crippen LogP contribution in [0.2, 0.25) is 0 Å². The fourth-order valence-electron chi connectivity index (χ4n) is 2.67. The molecule has 26 heavy (non-hydrogen) atoms. The topological polar surface area (TPSA) is 46.2 Å². The Morgan fingerprint density at radius 2 is 1.27 bits per heavy atom. The molecule has 0 saturated carbocycles. The molecular weight excluding hydrogens is 342 g/mol. The van der Waals surface area contributed by atoms with Gasteiger partial charge in [-0.05, 0) is 29.7 Å². The molecule has 0 aromatic heterocycles. The standard InChI is InChI=1S/C22H21NO2S/c1-18-12-14-19(15-13-18)16-17-26(24,25)23-22(20-8-4-2-5-9-20)21-10-6-3-7-11-21/h2-17,22-23H,1H3. The van der Waals surface area contributed by atoms with Crippen LogP contribution in [-0.2, 0) is 10.0 Å². The molecule has 0 aliphatic heterocycles. The Morgan fingerprint density at radius 3 is 1.77 bits per heavy atom. The van der Waals surface area contributed by atoms with Crippen LogP contribution < -0.4 is 4.72 Å². The number of nitrogens with one attached hydrogen (secondary N) is 1. The minimum atomic E-state index is -3.62. The highest BCUT2D eigenvalue weighted by Crippen LogP contribution is 2.23. The lowest BCUT2D eigenvalue weighted by molar-refractivity contribution is 0.581. The second-order valence-corrected chi connectivity index (χ2v) is 7.73. The zero-order valence-electron chi connectivity index (χ0n) is 14.5. The highest BCUT2D eigenvalue weighted by molar-refractivity contribution is 7.92. The van der Waals surface area contributed by atoms with Gasteiger partial charge >= 0.3 is 0 Å². The molecule has 0 aliphatic carbocycles. The summed E-state index contributed by atoms with van der Waals surface area (Å²) < 4.78 is 28.1. The summed E-state index contributed by atoms with van der Waals surface area (Å²) in [6.45, 7) is 2.00. The van der Waals surface area contributed by atoms with E-state index in [1.54, 1.807) is 6.08 Å². The van der Waals surface area contributed by atoms with Gasteiger partial charge in [-0.25, -0.2) is 8.42 Å². The molecule has 4 heteroatoms. The fraction of sp³-hybridized carbons (Fsp3) is 0.0909. The van der Waals surface area contributed by atoms with Gasteiger partial charge in [0, 0.05) is 5.41 Å². The minimum absolute atomic E-state index is 0.440. The van der Waals surface area contributed by atoms with Crippen molar-refractivity contribution in [1.29, 1.82) is 0 Å². The Bertz CT molecular complexity index is 924. The maximum Gasteiger partial charge on any atom is 0.234 e. The molecule has 0 fully saturated rings. The first kappa shape index (κ1) is 18.1. The van der Waals surface area contributed by atoms with Crippen molar-refractivity contribution in [2.24, 2.45) is 0 Å². The van der Waals surface area contributed by atoms with Crippen molar-refractivity contribution in [3.05, 3.63) is 113 Å². The predicted octanol–water partition coefficient (Wildman–Crippen LogP) is 4.67. The number of hydrogen-bond donors (Lipinski definition) is 1. The summed E-state index contributed by atoms with van der Waals surface area (Å²) in [5, 5.41) is 1.22. The number of hydrogen-bond acceptors (Lipinski definition) is 2. The smallest absolute Gasteiger partial charge is 0.208 e. The molecule has 3 rings (SSSR count). The van der Waals surface area contributed by atoms with E-state index in [4.69, 9.17) is 0 Å². The molecule has 0 aliphatic rings. The average molecular weight is 363 g/mol. The van der Waals surface area contributed by atoms with Crippen LogP contribution in [0, 0.1) is 6.92 Å². The zero-order chi connectivity index (χ0) is 18.4. The van der Waals surface area contributed by atoms with Crippen LogP contribution in [0.25, 0.3) is 6.08 Å². The Morgan fingerprint density at radius 1 is 0.769 bits per heavy atom. The molecule has 0 saturated heterocycles. The van der Waals surface area contributed by atoms with E-state index >= 15 is 0 Å². The monoisotopic (exact) mass is 363 g/mol. The molecule has 0 amide bonds. The van der Waals surface area contributed by atoms with Gasteiger partial charge in [-0.15, -0.1) is 0 Å². The van der Waals surface area contributed by atoms with Crippen LogP contribution in [0.3, 0.4) is 0 Å². The average Bonchev–Trinajstić information content (AvgIpc) is 2.67. The molecule has 132 valence electrons. The van der Waals surface area contributed by atoms with E-state index in [0.717, 1.165) is 22.3 Å². The summed E-state index contributed by atoms with van der Waals surface area (Å²) in [5.74, 6) is 0. The van der Waals surface area contributed by atoms with Crippen molar-refractivity contribution < 1.29 is 8.42 Å². The first-order chi connectivity index (χ1) is 12.5. The van der Waals surface area contributed by atoms with Gasteiger partial charge in [0.25, 0.3) is 0 Å². The Balaban J connectivity index is 1.87. The molecule has 0 spiro atoms. The second-order valence-electron chi connectivity index (χ2n) is 6.13. The van der Waals surface area contributed by atoms with Gasteiger partial charge in [0.2, 0.25) is 10.0 Å². The largest absolute Gasteiger partial charge is 0.234 e. The molecular formula is C22H21NO2S. The lowest BCUT2D eigenvalue weighted by atomic mass is 10.00. The summed E-state index contributed by atoms with van der Waals surface area (Å²) in [4.78, 5) is 0. The lowest BCUT2D eigenvalue weighted by Crippen LogP contribution is -2.27. The molecule has 0 atom stereocenters. The van der Waals surface area contributed by atoms with Gasteiger partial charge in [0.05, 0.1) is 6.04 Å². The number of benzene rings is 3. The summed E-state index contributed by atoms with van der Waals surface area (Å²) >= 11 is 0. The summed E-state index contributed by atoms with van der Waals surface area (Å²) in [6, 6.07) is 26.4. The van der Waals surface area contributed by atoms with E-state index in [9.17, 15) is 8.42 Å². The van der Waals surface area contributed by atoms with Crippen LogP contribution in [0.5, 0.6) is 0 Å². The number of rotatable bonds is 6. The molecule has 3 nitrogen and oxygen atoms in total. The second kappa shape index (κ2) is 8.13. The van der Waals surface area contributed by atoms with Crippen LogP contribution in [0.4, 0.5) is 0 Å². The van der Waals surface area contributed by atoms with Crippen LogP contribution in [0.15, 0.2) is 90.3 Å². The van der Waals surface area contributed by atoms with E-state index in [1.807, 2.05) is 91.9 Å². The van der Waals surface area contributed by atoms with Crippen molar-refractivity contribution in [2.45, 2.75) is 13.0 Å². The minimum Gasteiger partial charge on any atom is -0.208 e. The third kappa shape index (κ3) is 4.91. The van der Waals surface area contributed by atoms with Gasteiger partial charge < -0.3 is 0 Å². The molecule has 3 aromatic rings. The molecule has 1 N–H and O–H groups in total. The zero-order valence-corrected chi connectivity index (χ0v) is 15.4. The summed E-state index contributed by atoms with van der Waals surface area (Å²) in [5.41, 5.74) is 3.77. The Labute approximate surface area is 155 Å². The highest BCUT2D eigenvalue weighted by atomic mass is 32.2. The van der Waals surface area contributed by atoms with Crippen molar-refractivity contribution >= 4 is 16.1 Å². The first-order valence-electron chi connectivity index (χ1n) is 8.40. The van der Waals surface area contributed by atoms with Gasteiger partial charge in [-0.3, -0.25) is 0 Å². The van der Waals surface area contributed by atoms with E-state index in [1.165, 1.54) is 5.41 Å². The van der Waals surface area contributed by atoms with E-state index < -0.39 is 16.1 Å². The molecule has 3 aromatic carbocycles. The molecule has 0 radical (unpaired) electrons. The van der Waals surface area contributed by atoms with Gasteiger partial charge in [-0.2, -0.15) is 4.72 Å². The third-order valence-electron chi connectivity index (χ3n) is 4.06. The molecule has 0 unspecified atom stereocenters. The predicted molar refractivity (Wildman–Crippen MR) is 107 cm³/mol. The van der Waals surface area contributed by atoms with E-state index in [-0.39, 0.29) is 0 Å². The third-order valence-corrected chi connectivity index (χ3v) is 5.12. The van der Waals surface area contributed by atoms with E-state index in [0.29, 0.717) is 0 Å². The molecule has 0 heterocycles. The van der Waals surface area contributed by atoms with E-state index in [2.05, 4.69) is 4.72 Å². The van der Waals surface area contributed by atoms with Crippen LogP contribution in [0.1, 0.15) is 28.3 Å². The van der Waals surface area contributed by atoms with Gasteiger partial charge in [0.15, 0.2) is 0 Å². The molecule has 0 bridgehead atoms. The summed E-state index contributed by atoms with van der Waals surface area (Å²) in [7, 11) is -3.62. The first-order valence-corrected chi connectivity index (χ1v) is 9.95. The summed E-state index contributed by atoms with van der Waals surface area (Å²) in [6.07, 6.45) is 1.61. The maximum absolute atomic E-state index is 12.6. The van der Waals surface area contributed by atoms with Gasteiger partial charge in [0.1, 0.15) is 0 Å². The highest BCUT2D eigenvalue weighted by Gasteiger charge is 2.19. The van der Waals surface area contributed by atoms with Crippen molar-refractivity contribution in [3.63, 3.8) is 0 Å². The Kier molecular flexibility index (Phi) is 5.66. The fourth-order valence-corrected chi connectivity index (χ4v) is 3.68. The normalized spacial score (nSPS) is 11.9. The van der Waals surface area contributed by atoms with Crippen LogP contribution in [-0.4, -0.2) is 8.42 Å².